The molecule has 0 saturated carbocycles. The SMILES string of the molecule is CN(c1ccc(C(=O)NCC(O)c2cccc(=O)[nH]2)cc1)S(C)(=O)=O. The van der Waals surface area contributed by atoms with Gasteiger partial charge in [-0.3, -0.25) is 13.9 Å². The highest BCUT2D eigenvalue weighted by atomic mass is 32.2. The number of sulfonamides is 1. The summed E-state index contributed by atoms with van der Waals surface area (Å²) >= 11 is 0. The summed E-state index contributed by atoms with van der Waals surface area (Å²) in [7, 11) is -1.96. The number of anilines is 1. The number of aromatic nitrogens is 1. The van der Waals surface area contributed by atoms with Crippen molar-refractivity contribution < 1.29 is 18.3 Å². The molecule has 3 N–H and O–H groups in total. The molecule has 1 atom stereocenters. The number of nitrogens with zero attached hydrogens (tertiary/aromatic N) is 1. The Hall–Kier alpha value is -2.65. The molecule has 1 heterocycles. The van der Waals surface area contributed by atoms with Crippen LogP contribution in [0.5, 0.6) is 0 Å². The number of aromatic amines is 1. The standard InChI is InChI=1S/C16H19N3O5S/c1-19(25(2,23)24)12-8-6-11(7-9-12)16(22)17-10-14(20)13-4-3-5-15(21)18-13/h3-9,14,20H,10H2,1-2H3,(H,17,22)(H,18,21). The number of hydrogen-bond acceptors (Lipinski definition) is 5. The fraction of sp³-hybridized carbons (Fsp3) is 0.250. The number of nitrogens with one attached hydrogen (secondary N) is 2. The monoisotopic (exact) mass is 365 g/mol. The first-order valence-corrected chi connectivity index (χ1v) is 9.23. The van der Waals surface area contributed by atoms with E-state index in [-0.39, 0.29) is 12.1 Å². The molecule has 0 radical (unpaired) electrons. The van der Waals surface area contributed by atoms with Crippen LogP contribution in [-0.4, -0.2) is 44.3 Å². The van der Waals surface area contributed by atoms with E-state index in [1.807, 2.05) is 0 Å². The molecule has 1 aromatic carbocycles. The number of carbonyl (C=O) groups excluding carboxylic acids is 1. The van der Waals surface area contributed by atoms with Gasteiger partial charge in [-0.15, -0.1) is 0 Å². The van der Waals surface area contributed by atoms with Crippen LogP contribution in [0.3, 0.4) is 0 Å². The molecule has 0 saturated heterocycles. The summed E-state index contributed by atoms with van der Waals surface area (Å²) in [5.74, 6) is -0.425. The Kier molecular flexibility index (Phi) is 5.60. The number of amides is 1. The maximum absolute atomic E-state index is 12.1. The lowest BCUT2D eigenvalue weighted by Crippen LogP contribution is -2.29. The predicted octanol–water partition coefficient (Wildman–Crippen LogP) is 0.234. The van der Waals surface area contributed by atoms with Crippen molar-refractivity contribution in [1.29, 1.82) is 0 Å². The zero-order valence-electron chi connectivity index (χ0n) is 13.8. The number of aliphatic hydroxyl groups excluding tert-OH is 1. The molecule has 0 spiro atoms. The first kappa shape index (κ1) is 18.7. The molecule has 2 aromatic rings. The van der Waals surface area contributed by atoms with Gasteiger partial charge in [-0.05, 0) is 30.3 Å². The van der Waals surface area contributed by atoms with E-state index < -0.39 is 22.0 Å². The van der Waals surface area contributed by atoms with Crippen molar-refractivity contribution in [3.8, 4) is 0 Å². The van der Waals surface area contributed by atoms with Crippen molar-refractivity contribution in [3.05, 3.63) is 64.1 Å². The molecule has 0 bridgehead atoms. The molecule has 8 nitrogen and oxygen atoms in total. The highest BCUT2D eigenvalue weighted by Gasteiger charge is 2.14. The number of rotatable bonds is 6. The molecule has 25 heavy (non-hydrogen) atoms. The highest BCUT2D eigenvalue weighted by Crippen LogP contribution is 2.16. The topological polar surface area (TPSA) is 120 Å². The van der Waals surface area contributed by atoms with Crippen LogP contribution in [0.4, 0.5) is 5.69 Å². The molecule has 0 aliphatic heterocycles. The Balaban J connectivity index is 2.00. The number of aliphatic hydroxyl groups is 1. The van der Waals surface area contributed by atoms with Crippen LogP contribution in [0.1, 0.15) is 22.2 Å². The fourth-order valence-electron chi connectivity index (χ4n) is 2.07. The van der Waals surface area contributed by atoms with Crippen molar-refractivity contribution in [3.63, 3.8) is 0 Å². The third kappa shape index (κ3) is 4.91. The van der Waals surface area contributed by atoms with Gasteiger partial charge in [-0.2, -0.15) is 0 Å². The smallest absolute Gasteiger partial charge is 0.251 e. The van der Waals surface area contributed by atoms with Gasteiger partial charge < -0.3 is 15.4 Å². The molecule has 1 unspecified atom stereocenters. The summed E-state index contributed by atoms with van der Waals surface area (Å²) < 4.78 is 24.1. The van der Waals surface area contributed by atoms with E-state index in [0.29, 0.717) is 16.9 Å². The lowest BCUT2D eigenvalue weighted by atomic mass is 10.2. The minimum absolute atomic E-state index is 0.0796. The predicted molar refractivity (Wildman–Crippen MR) is 94.0 cm³/mol. The van der Waals surface area contributed by atoms with E-state index in [9.17, 15) is 23.1 Å². The quantitative estimate of drug-likeness (QED) is 0.677. The largest absolute Gasteiger partial charge is 0.385 e. The van der Waals surface area contributed by atoms with Crippen molar-refractivity contribution >= 4 is 21.6 Å². The van der Waals surface area contributed by atoms with Crippen molar-refractivity contribution in [2.45, 2.75) is 6.10 Å². The molecule has 0 aliphatic carbocycles. The summed E-state index contributed by atoms with van der Waals surface area (Å²) in [4.78, 5) is 25.8. The van der Waals surface area contributed by atoms with Crippen molar-refractivity contribution in [1.82, 2.24) is 10.3 Å². The molecule has 134 valence electrons. The van der Waals surface area contributed by atoms with Crippen molar-refractivity contribution in [2.75, 3.05) is 24.2 Å². The molecular formula is C16H19N3O5S. The minimum Gasteiger partial charge on any atom is -0.385 e. The van der Waals surface area contributed by atoms with Gasteiger partial charge in [-0.1, -0.05) is 6.07 Å². The number of H-pyrrole nitrogens is 1. The van der Waals surface area contributed by atoms with Crippen LogP contribution < -0.4 is 15.2 Å². The lowest BCUT2D eigenvalue weighted by molar-refractivity contribution is 0.0914. The summed E-state index contributed by atoms with van der Waals surface area (Å²) in [6.07, 6.45) is 0.0385. The van der Waals surface area contributed by atoms with Crippen LogP contribution in [0.2, 0.25) is 0 Å². The van der Waals surface area contributed by atoms with Gasteiger partial charge in [0.25, 0.3) is 5.91 Å². The highest BCUT2D eigenvalue weighted by molar-refractivity contribution is 7.92. The first-order valence-electron chi connectivity index (χ1n) is 7.38. The van der Waals surface area contributed by atoms with Gasteiger partial charge in [0, 0.05) is 30.9 Å². The maximum atomic E-state index is 12.1. The summed E-state index contributed by atoms with van der Waals surface area (Å²) in [6.45, 7) is -0.0796. The maximum Gasteiger partial charge on any atom is 0.251 e. The normalized spacial score (nSPS) is 12.4. The van der Waals surface area contributed by atoms with Gasteiger partial charge in [0.2, 0.25) is 15.6 Å². The third-order valence-corrected chi connectivity index (χ3v) is 4.80. The van der Waals surface area contributed by atoms with Gasteiger partial charge in [-0.25, -0.2) is 8.42 Å². The number of pyridine rings is 1. The Morgan fingerprint density at radius 2 is 1.88 bits per heavy atom. The van der Waals surface area contributed by atoms with Gasteiger partial charge >= 0.3 is 0 Å². The van der Waals surface area contributed by atoms with Gasteiger partial charge in [0.05, 0.1) is 11.9 Å². The Labute approximate surface area is 145 Å². The Morgan fingerprint density at radius 1 is 1.24 bits per heavy atom. The molecule has 1 amide bonds. The van der Waals surface area contributed by atoms with E-state index in [4.69, 9.17) is 0 Å². The zero-order valence-corrected chi connectivity index (χ0v) is 14.6. The van der Waals surface area contributed by atoms with Crippen LogP contribution in [-0.2, 0) is 10.0 Å². The average Bonchev–Trinajstić information content (AvgIpc) is 2.58. The Morgan fingerprint density at radius 3 is 2.44 bits per heavy atom. The average molecular weight is 365 g/mol. The molecule has 2 rings (SSSR count). The van der Waals surface area contributed by atoms with E-state index in [1.165, 1.54) is 43.4 Å². The summed E-state index contributed by atoms with van der Waals surface area (Å²) in [5.41, 5.74) is 0.715. The fourth-order valence-corrected chi connectivity index (χ4v) is 2.58. The molecule has 0 fully saturated rings. The van der Waals surface area contributed by atoms with E-state index in [1.54, 1.807) is 6.07 Å². The van der Waals surface area contributed by atoms with Crippen LogP contribution in [0.25, 0.3) is 0 Å². The van der Waals surface area contributed by atoms with E-state index in [2.05, 4.69) is 10.3 Å². The molecule has 9 heteroatoms. The summed E-state index contributed by atoms with van der Waals surface area (Å²) in [6, 6.07) is 10.4. The molecule has 1 aromatic heterocycles. The zero-order chi connectivity index (χ0) is 18.6. The molecule has 0 aliphatic rings. The lowest BCUT2D eigenvalue weighted by Gasteiger charge is -2.17. The van der Waals surface area contributed by atoms with Crippen LogP contribution in [0, 0.1) is 0 Å². The van der Waals surface area contributed by atoms with Gasteiger partial charge in [0.15, 0.2) is 0 Å². The summed E-state index contributed by atoms with van der Waals surface area (Å²) in [5, 5.41) is 12.5. The Bertz CT molecular complexity index is 906. The number of carbonyl (C=O) groups is 1. The second-order valence-electron chi connectivity index (χ2n) is 5.47. The third-order valence-electron chi connectivity index (χ3n) is 3.60. The van der Waals surface area contributed by atoms with E-state index >= 15 is 0 Å². The second kappa shape index (κ2) is 7.49. The number of benzene rings is 1. The van der Waals surface area contributed by atoms with Crippen LogP contribution in [0.15, 0.2) is 47.3 Å². The van der Waals surface area contributed by atoms with Crippen LogP contribution >= 0.6 is 0 Å². The van der Waals surface area contributed by atoms with E-state index in [0.717, 1.165) is 10.6 Å². The first-order chi connectivity index (χ1) is 11.7. The van der Waals surface area contributed by atoms with Crippen molar-refractivity contribution in [2.24, 2.45) is 0 Å². The second-order valence-corrected chi connectivity index (χ2v) is 7.49. The number of hydrogen-bond donors (Lipinski definition) is 3. The van der Waals surface area contributed by atoms with Gasteiger partial charge in [0.1, 0.15) is 6.10 Å². The minimum atomic E-state index is -3.37. The molecular weight excluding hydrogens is 346 g/mol.